The molecule has 0 aliphatic heterocycles. The van der Waals surface area contributed by atoms with Gasteiger partial charge in [0.2, 0.25) is 0 Å². The number of carbonyl (C=O) groups is 1. The molecule has 3 N–H and O–H groups in total. The van der Waals surface area contributed by atoms with Gasteiger partial charge >= 0.3 is 6.09 Å². The van der Waals surface area contributed by atoms with Crippen molar-refractivity contribution in [2.24, 2.45) is 5.73 Å². The molecule has 0 radical (unpaired) electrons. The van der Waals surface area contributed by atoms with E-state index in [1.165, 1.54) is 10.4 Å². The highest BCUT2D eigenvalue weighted by Crippen LogP contribution is 2.36. The summed E-state index contributed by atoms with van der Waals surface area (Å²) in [4.78, 5) is 12.3. The molecule has 0 spiro atoms. The van der Waals surface area contributed by atoms with Crippen LogP contribution in [0.3, 0.4) is 0 Å². The standard InChI is InChI=1S/C24H36N2O3Si/c1-23(2,3)29-22(27)26-19(17-25)18-28-30(24(4,5)6,20-13-9-7-10-14-20)21-15-11-8-12-16-21/h7-16,19H,17-18,25H2,1-6H3,(H,26,27). The van der Waals surface area contributed by atoms with E-state index in [1.807, 2.05) is 32.9 Å². The maximum atomic E-state index is 12.3. The Balaban J connectivity index is 2.37. The summed E-state index contributed by atoms with van der Waals surface area (Å²) in [6.45, 7) is 12.7. The summed E-state index contributed by atoms with van der Waals surface area (Å²) in [6, 6.07) is 20.5. The minimum absolute atomic E-state index is 0.138. The average molecular weight is 429 g/mol. The molecule has 0 bridgehead atoms. The van der Waals surface area contributed by atoms with Crippen molar-refractivity contribution in [3.05, 3.63) is 60.7 Å². The SMILES string of the molecule is CC(C)(C)OC(=O)NC(CN)CO[Si](c1ccccc1)(c1ccccc1)C(C)(C)C. The molecule has 164 valence electrons. The topological polar surface area (TPSA) is 73.6 Å². The number of alkyl carbamates (subject to hydrolysis) is 1. The Morgan fingerprint density at radius 2 is 1.40 bits per heavy atom. The third-order valence-corrected chi connectivity index (χ3v) is 9.93. The second-order valence-electron chi connectivity index (χ2n) is 9.55. The number of rotatable bonds is 7. The molecule has 6 heteroatoms. The summed E-state index contributed by atoms with van der Waals surface area (Å²) < 4.78 is 12.2. The molecule has 0 aromatic heterocycles. The number of ether oxygens (including phenoxy) is 1. The summed E-state index contributed by atoms with van der Waals surface area (Å²) in [6.07, 6.45) is -0.482. The van der Waals surface area contributed by atoms with Crippen LogP contribution in [0, 0.1) is 0 Å². The molecule has 1 atom stereocenters. The number of carbonyl (C=O) groups excluding carboxylic acids is 1. The van der Waals surface area contributed by atoms with Crippen molar-refractivity contribution in [3.63, 3.8) is 0 Å². The summed E-state index contributed by atoms with van der Waals surface area (Å²) >= 11 is 0. The molecule has 5 nitrogen and oxygen atoms in total. The lowest BCUT2D eigenvalue weighted by Crippen LogP contribution is -2.67. The van der Waals surface area contributed by atoms with Gasteiger partial charge in [0, 0.05) is 6.54 Å². The normalized spacial score (nSPS) is 13.6. The van der Waals surface area contributed by atoms with Gasteiger partial charge in [-0.1, -0.05) is 81.4 Å². The maximum Gasteiger partial charge on any atom is 0.407 e. The van der Waals surface area contributed by atoms with Gasteiger partial charge in [-0.25, -0.2) is 4.79 Å². The molecule has 0 fully saturated rings. The molecule has 30 heavy (non-hydrogen) atoms. The molecule has 0 heterocycles. The van der Waals surface area contributed by atoms with E-state index in [4.69, 9.17) is 14.9 Å². The first kappa shape index (κ1) is 24.1. The van der Waals surface area contributed by atoms with Crippen molar-refractivity contribution >= 4 is 24.8 Å². The summed E-state index contributed by atoms with van der Waals surface area (Å²) in [5, 5.41) is 5.11. The first-order valence-corrected chi connectivity index (χ1v) is 12.3. The molecule has 1 unspecified atom stereocenters. The fourth-order valence-electron chi connectivity index (χ4n) is 3.63. The zero-order valence-electron chi connectivity index (χ0n) is 19.1. The summed E-state index contributed by atoms with van der Waals surface area (Å²) in [5.74, 6) is 0. The second-order valence-corrected chi connectivity index (χ2v) is 13.9. The van der Waals surface area contributed by atoms with E-state index in [1.54, 1.807) is 0 Å². The summed E-state index contributed by atoms with van der Waals surface area (Å²) in [5.41, 5.74) is 5.40. The van der Waals surface area contributed by atoms with Crippen molar-refractivity contribution in [3.8, 4) is 0 Å². The highest BCUT2D eigenvalue weighted by atomic mass is 28.4. The molecule has 0 saturated carbocycles. The van der Waals surface area contributed by atoms with Gasteiger partial charge in [0.25, 0.3) is 8.32 Å². The van der Waals surface area contributed by atoms with Crippen molar-refractivity contribution in [1.82, 2.24) is 5.32 Å². The summed E-state index contributed by atoms with van der Waals surface area (Å²) in [7, 11) is -2.67. The molecule has 2 aromatic carbocycles. The van der Waals surface area contributed by atoms with Crippen LogP contribution < -0.4 is 21.4 Å². The van der Waals surface area contributed by atoms with Crippen LogP contribution in [-0.4, -0.2) is 39.2 Å². The largest absolute Gasteiger partial charge is 0.444 e. The number of amides is 1. The van der Waals surface area contributed by atoms with Gasteiger partial charge in [0.15, 0.2) is 0 Å². The predicted molar refractivity (Wildman–Crippen MR) is 126 cm³/mol. The van der Waals surface area contributed by atoms with Crippen molar-refractivity contribution in [2.75, 3.05) is 13.2 Å². The number of nitrogens with two attached hydrogens (primary N) is 1. The maximum absolute atomic E-state index is 12.3. The Morgan fingerprint density at radius 3 is 1.77 bits per heavy atom. The van der Waals surface area contributed by atoms with Gasteiger partial charge in [0.05, 0.1) is 12.6 Å². The molecule has 2 aromatic rings. The van der Waals surface area contributed by atoms with Gasteiger partial charge in [-0.3, -0.25) is 0 Å². The average Bonchev–Trinajstić information content (AvgIpc) is 2.66. The molecular weight excluding hydrogens is 392 g/mol. The van der Waals surface area contributed by atoms with Crippen LogP contribution in [0.25, 0.3) is 0 Å². The van der Waals surface area contributed by atoms with Crippen molar-refractivity contribution in [2.45, 2.75) is 58.2 Å². The molecular formula is C24H36N2O3Si. The predicted octanol–water partition coefficient (Wildman–Crippen LogP) is 3.42. The Bertz CT molecular complexity index is 759. The fourth-order valence-corrected chi connectivity index (χ4v) is 8.24. The minimum atomic E-state index is -2.67. The third-order valence-electron chi connectivity index (χ3n) is 4.92. The minimum Gasteiger partial charge on any atom is -0.444 e. The van der Waals surface area contributed by atoms with E-state index < -0.39 is 20.0 Å². The molecule has 0 aliphatic rings. The van der Waals surface area contributed by atoms with Crippen molar-refractivity contribution in [1.29, 1.82) is 0 Å². The quantitative estimate of drug-likeness (QED) is 0.663. The van der Waals surface area contributed by atoms with Crippen molar-refractivity contribution < 1.29 is 14.0 Å². The zero-order chi connectivity index (χ0) is 22.4. The van der Waals surface area contributed by atoms with Crippen LogP contribution >= 0.6 is 0 Å². The van der Waals surface area contributed by atoms with E-state index in [-0.39, 0.29) is 17.6 Å². The molecule has 0 saturated heterocycles. The van der Waals surface area contributed by atoms with Crippen LogP contribution in [0.1, 0.15) is 41.5 Å². The van der Waals surface area contributed by atoms with Gasteiger partial charge in [-0.2, -0.15) is 0 Å². The van der Waals surface area contributed by atoms with E-state index in [0.717, 1.165) is 0 Å². The monoisotopic (exact) mass is 428 g/mol. The molecule has 1 amide bonds. The van der Waals surface area contributed by atoms with E-state index in [2.05, 4.69) is 74.6 Å². The van der Waals surface area contributed by atoms with Crippen LogP contribution in [0.15, 0.2) is 60.7 Å². The number of hydrogen-bond acceptors (Lipinski definition) is 4. The Hall–Kier alpha value is -2.15. The van der Waals surface area contributed by atoms with Crippen LogP contribution in [0.5, 0.6) is 0 Å². The Kier molecular flexibility index (Phi) is 7.85. The van der Waals surface area contributed by atoms with Crippen LogP contribution in [0.2, 0.25) is 5.04 Å². The number of hydrogen-bond donors (Lipinski definition) is 2. The van der Waals surface area contributed by atoms with Gasteiger partial charge in [-0.15, -0.1) is 0 Å². The number of benzene rings is 2. The van der Waals surface area contributed by atoms with Crippen LogP contribution in [-0.2, 0) is 9.16 Å². The van der Waals surface area contributed by atoms with Gasteiger partial charge in [0.1, 0.15) is 5.60 Å². The number of nitrogens with one attached hydrogen (secondary N) is 1. The van der Waals surface area contributed by atoms with Gasteiger partial charge in [-0.05, 0) is 36.2 Å². The lowest BCUT2D eigenvalue weighted by Gasteiger charge is -2.43. The zero-order valence-corrected chi connectivity index (χ0v) is 20.1. The lowest BCUT2D eigenvalue weighted by molar-refractivity contribution is 0.0489. The first-order valence-electron chi connectivity index (χ1n) is 10.4. The van der Waals surface area contributed by atoms with E-state index in [0.29, 0.717) is 6.61 Å². The van der Waals surface area contributed by atoms with E-state index in [9.17, 15) is 4.79 Å². The Morgan fingerprint density at radius 1 is 0.933 bits per heavy atom. The second kappa shape index (κ2) is 9.77. The molecule has 0 aliphatic carbocycles. The Labute approximate surface area is 182 Å². The van der Waals surface area contributed by atoms with E-state index >= 15 is 0 Å². The first-order chi connectivity index (χ1) is 14.0. The highest BCUT2D eigenvalue weighted by Gasteiger charge is 2.50. The lowest BCUT2D eigenvalue weighted by atomic mass is 10.2. The van der Waals surface area contributed by atoms with Crippen LogP contribution in [0.4, 0.5) is 4.79 Å². The van der Waals surface area contributed by atoms with Gasteiger partial charge < -0.3 is 20.2 Å². The fraction of sp³-hybridized carbons (Fsp3) is 0.458. The third kappa shape index (κ3) is 5.94. The smallest absolute Gasteiger partial charge is 0.407 e. The highest BCUT2D eigenvalue weighted by molar-refractivity contribution is 6.99. The molecule has 2 rings (SSSR count).